The van der Waals surface area contributed by atoms with Gasteiger partial charge in [-0.05, 0) is 24.8 Å². The number of hydrogen-bond acceptors (Lipinski definition) is 4. The number of hydrogen-bond donors (Lipinski definition) is 0. The predicted molar refractivity (Wildman–Crippen MR) is 96.7 cm³/mol. The first-order valence-electron chi connectivity index (χ1n) is 8.45. The Bertz CT molecular complexity index is 450. The van der Waals surface area contributed by atoms with Crippen LogP contribution in [0.15, 0.2) is 30.3 Å². The molecular formula is C18H25IO4. The molecular weight excluding hydrogens is 407 g/mol. The van der Waals surface area contributed by atoms with E-state index in [1.807, 2.05) is 18.2 Å². The van der Waals surface area contributed by atoms with E-state index in [0.29, 0.717) is 25.9 Å². The van der Waals surface area contributed by atoms with Gasteiger partial charge in [-0.3, -0.25) is 0 Å². The molecule has 1 aromatic rings. The largest absolute Gasteiger partial charge is 0.371 e. The number of halogens is 1. The molecule has 4 nitrogen and oxygen atoms in total. The van der Waals surface area contributed by atoms with Crippen molar-refractivity contribution in [2.45, 2.75) is 56.9 Å². The molecule has 0 unspecified atom stereocenters. The van der Waals surface area contributed by atoms with Gasteiger partial charge in [0.2, 0.25) is 0 Å². The van der Waals surface area contributed by atoms with Crippen LogP contribution in [0.4, 0.5) is 0 Å². The smallest absolute Gasteiger partial charge is 0.157 e. The van der Waals surface area contributed by atoms with E-state index in [-0.39, 0.29) is 18.5 Å². The molecule has 0 aromatic heterocycles. The zero-order valence-corrected chi connectivity index (χ0v) is 15.5. The first-order valence-corrected chi connectivity index (χ1v) is 9.98. The molecule has 0 amide bonds. The van der Waals surface area contributed by atoms with Crippen LogP contribution in [0.1, 0.15) is 31.2 Å². The predicted octanol–water partition coefficient (Wildman–Crippen LogP) is 3.71. The highest BCUT2D eigenvalue weighted by molar-refractivity contribution is 14.1. The summed E-state index contributed by atoms with van der Waals surface area (Å²) in [6, 6.07) is 10.3. The number of benzene rings is 1. The zero-order valence-electron chi connectivity index (χ0n) is 13.4. The Balaban J connectivity index is 1.53. The maximum absolute atomic E-state index is 6.23. The van der Waals surface area contributed by atoms with Crippen LogP contribution in [0.3, 0.4) is 0 Å². The molecule has 0 aliphatic carbocycles. The molecule has 0 spiro atoms. The van der Waals surface area contributed by atoms with Crippen molar-refractivity contribution >= 4 is 22.6 Å². The highest BCUT2D eigenvalue weighted by Gasteiger charge is 2.32. The SMILES string of the molecule is IC[C@@H]1CC[C@H]([C@H](CCC2OCCO2)OCc2ccccc2)O1. The van der Waals surface area contributed by atoms with Gasteiger partial charge in [-0.2, -0.15) is 0 Å². The molecule has 23 heavy (non-hydrogen) atoms. The van der Waals surface area contributed by atoms with E-state index in [0.717, 1.165) is 30.1 Å². The van der Waals surface area contributed by atoms with Crippen molar-refractivity contribution in [3.63, 3.8) is 0 Å². The van der Waals surface area contributed by atoms with Gasteiger partial charge in [0.25, 0.3) is 0 Å². The van der Waals surface area contributed by atoms with E-state index < -0.39 is 0 Å². The van der Waals surface area contributed by atoms with Crippen molar-refractivity contribution in [1.29, 1.82) is 0 Å². The second-order valence-corrected chi connectivity index (χ2v) is 6.99. The van der Waals surface area contributed by atoms with Gasteiger partial charge < -0.3 is 18.9 Å². The highest BCUT2D eigenvalue weighted by Crippen LogP contribution is 2.28. The molecule has 2 heterocycles. The molecule has 0 saturated carbocycles. The zero-order chi connectivity index (χ0) is 15.9. The van der Waals surface area contributed by atoms with Crippen molar-refractivity contribution in [2.75, 3.05) is 17.6 Å². The quantitative estimate of drug-likeness (QED) is 0.464. The Morgan fingerprint density at radius 3 is 2.61 bits per heavy atom. The van der Waals surface area contributed by atoms with Crippen LogP contribution < -0.4 is 0 Å². The summed E-state index contributed by atoms with van der Waals surface area (Å²) in [5.41, 5.74) is 1.20. The summed E-state index contributed by atoms with van der Waals surface area (Å²) < 4.78 is 24.5. The van der Waals surface area contributed by atoms with E-state index in [4.69, 9.17) is 18.9 Å². The lowest BCUT2D eigenvalue weighted by Gasteiger charge is -2.25. The molecule has 2 aliphatic rings. The fraction of sp³-hybridized carbons (Fsp3) is 0.667. The topological polar surface area (TPSA) is 36.9 Å². The van der Waals surface area contributed by atoms with Gasteiger partial charge in [0.1, 0.15) is 0 Å². The molecule has 3 atom stereocenters. The summed E-state index contributed by atoms with van der Waals surface area (Å²) in [6.07, 6.45) is 4.61. The maximum Gasteiger partial charge on any atom is 0.157 e. The van der Waals surface area contributed by atoms with Crippen LogP contribution in [0.2, 0.25) is 0 Å². The molecule has 0 bridgehead atoms. The summed E-state index contributed by atoms with van der Waals surface area (Å²) in [6.45, 7) is 2.04. The standard InChI is InChI=1S/C18H25IO4/c19-12-15-6-7-17(23-15)16(8-9-18-20-10-11-21-18)22-13-14-4-2-1-3-5-14/h1-5,15-18H,6-13H2/t15-,16-,17+/m0/s1. The average molecular weight is 432 g/mol. The summed E-state index contributed by atoms with van der Waals surface area (Å²) in [7, 11) is 0. The Morgan fingerprint density at radius 1 is 1.13 bits per heavy atom. The average Bonchev–Trinajstić information content (AvgIpc) is 3.27. The van der Waals surface area contributed by atoms with Crippen LogP contribution >= 0.6 is 22.6 Å². The Morgan fingerprint density at radius 2 is 1.91 bits per heavy atom. The van der Waals surface area contributed by atoms with Gasteiger partial charge in [-0.1, -0.05) is 52.9 Å². The van der Waals surface area contributed by atoms with Crippen molar-refractivity contribution in [1.82, 2.24) is 0 Å². The summed E-state index contributed by atoms with van der Waals surface area (Å²) in [4.78, 5) is 0. The molecule has 0 radical (unpaired) electrons. The van der Waals surface area contributed by atoms with Crippen molar-refractivity contribution in [2.24, 2.45) is 0 Å². The van der Waals surface area contributed by atoms with Gasteiger partial charge >= 0.3 is 0 Å². The molecule has 2 aliphatic heterocycles. The third-order valence-corrected chi connectivity index (χ3v) is 5.39. The molecule has 2 saturated heterocycles. The monoisotopic (exact) mass is 432 g/mol. The van der Waals surface area contributed by atoms with Crippen LogP contribution in [0.5, 0.6) is 0 Å². The molecule has 2 fully saturated rings. The van der Waals surface area contributed by atoms with Crippen LogP contribution in [0, 0.1) is 0 Å². The van der Waals surface area contributed by atoms with Crippen molar-refractivity contribution < 1.29 is 18.9 Å². The summed E-state index contributed by atoms with van der Waals surface area (Å²) >= 11 is 2.40. The number of rotatable bonds is 8. The van der Waals surface area contributed by atoms with E-state index in [1.165, 1.54) is 5.56 Å². The molecule has 1 aromatic carbocycles. The van der Waals surface area contributed by atoms with E-state index in [9.17, 15) is 0 Å². The normalized spacial score (nSPS) is 26.7. The molecule has 128 valence electrons. The highest BCUT2D eigenvalue weighted by atomic mass is 127. The van der Waals surface area contributed by atoms with Gasteiger partial charge in [-0.25, -0.2) is 0 Å². The van der Waals surface area contributed by atoms with Crippen LogP contribution in [0.25, 0.3) is 0 Å². The summed E-state index contributed by atoms with van der Waals surface area (Å²) in [5, 5.41) is 0. The van der Waals surface area contributed by atoms with E-state index >= 15 is 0 Å². The lowest BCUT2D eigenvalue weighted by Crippen LogP contribution is -2.31. The van der Waals surface area contributed by atoms with Gasteiger partial charge in [0, 0.05) is 10.8 Å². The molecule has 0 N–H and O–H groups in total. The first-order chi connectivity index (χ1) is 11.3. The Kier molecular flexibility index (Phi) is 7.13. The van der Waals surface area contributed by atoms with Crippen molar-refractivity contribution in [3.05, 3.63) is 35.9 Å². The minimum atomic E-state index is -0.0698. The first kappa shape index (κ1) is 17.6. The second kappa shape index (κ2) is 9.32. The minimum absolute atomic E-state index is 0.0698. The summed E-state index contributed by atoms with van der Waals surface area (Å²) in [5.74, 6) is 0. The van der Waals surface area contributed by atoms with E-state index in [2.05, 4.69) is 34.7 Å². The lowest BCUT2D eigenvalue weighted by molar-refractivity contribution is -0.0949. The van der Waals surface area contributed by atoms with Gasteiger partial charge in [-0.15, -0.1) is 0 Å². The van der Waals surface area contributed by atoms with Gasteiger partial charge in [0.15, 0.2) is 6.29 Å². The second-order valence-electron chi connectivity index (χ2n) is 6.11. The van der Waals surface area contributed by atoms with Crippen molar-refractivity contribution in [3.8, 4) is 0 Å². The minimum Gasteiger partial charge on any atom is -0.371 e. The molecule has 3 rings (SSSR count). The van der Waals surface area contributed by atoms with Gasteiger partial charge in [0.05, 0.1) is 38.1 Å². The van der Waals surface area contributed by atoms with Crippen LogP contribution in [-0.4, -0.2) is 42.2 Å². The lowest BCUT2D eigenvalue weighted by atomic mass is 10.0. The third-order valence-electron chi connectivity index (χ3n) is 4.41. The third kappa shape index (κ3) is 5.39. The number of alkyl halides is 1. The number of ether oxygens (including phenoxy) is 4. The Labute approximate surface area is 152 Å². The fourth-order valence-electron chi connectivity index (χ4n) is 3.15. The Hall–Kier alpha value is -0.210. The fourth-order valence-corrected chi connectivity index (χ4v) is 3.80. The van der Waals surface area contributed by atoms with Crippen LogP contribution in [-0.2, 0) is 25.6 Å². The molecule has 5 heteroatoms. The van der Waals surface area contributed by atoms with E-state index in [1.54, 1.807) is 0 Å². The maximum atomic E-state index is 6.23.